The van der Waals surface area contributed by atoms with E-state index in [0.717, 1.165) is 5.56 Å². The molecule has 0 aliphatic carbocycles. The Hall–Kier alpha value is -2.37. The number of nitrogens with zero attached hydrogens (tertiary/aromatic N) is 1. The van der Waals surface area contributed by atoms with Gasteiger partial charge in [-0.3, -0.25) is 14.9 Å². The van der Waals surface area contributed by atoms with Crippen molar-refractivity contribution < 1.29 is 14.4 Å². The first-order valence-corrected chi connectivity index (χ1v) is 7.90. The topological polar surface area (TPSA) is 78.5 Å². The van der Waals surface area contributed by atoms with E-state index in [1.807, 2.05) is 44.2 Å². The van der Waals surface area contributed by atoms with Gasteiger partial charge in [0.25, 0.3) is 5.91 Å². The van der Waals surface area contributed by atoms with Gasteiger partial charge < -0.3 is 10.2 Å². The summed E-state index contributed by atoms with van der Waals surface area (Å²) in [6.45, 7) is 4.75. The zero-order valence-electron chi connectivity index (χ0n) is 13.3. The van der Waals surface area contributed by atoms with Gasteiger partial charge in [-0.15, -0.1) is 0 Å². The van der Waals surface area contributed by atoms with E-state index in [9.17, 15) is 14.4 Å². The first-order chi connectivity index (χ1) is 10.9. The summed E-state index contributed by atoms with van der Waals surface area (Å²) in [5.74, 6) is -0.421. The van der Waals surface area contributed by atoms with Gasteiger partial charge in [-0.05, 0) is 17.9 Å². The molecular weight excluding hydrogens is 294 g/mol. The van der Waals surface area contributed by atoms with Gasteiger partial charge in [-0.1, -0.05) is 44.2 Å². The number of nitrogens with one attached hydrogen (secondary N) is 2. The number of hydrogen-bond acceptors (Lipinski definition) is 3. The highest BCUT2D eigenvalue weighted by Crippen LogP contribution is 2.31. The zero-order valence-corrected chi connectivity index (χ0v) is 13.3. The third-order valence-corrected chi connectivity index (χ3v) is 4.69. The van der Waals surface area contributed by atoms with Crippen LogP contribution in [0.15, 0.2) is 30.3 Å². The molecule has 2 N–H and O–H groups in total. The minimum absolute atomic E-state index is 0.0111. The Labute approximate surface area is 135 Å². The average molecular weight is 315 g/mol. The summed E-state index contributed by atoms with van der Waals surface area (Å²) in [7, 11) is 0. The molecule has 122 valence electrons. The van der Waals surface area contributed by atoms with Crippen LogP contribution in [0.1, 0.15) is 31.7 Å². The Morgan fingerprint density at radius 2 is 1.91 bits per heavy atom. The Kier molecular flexibility index (Phi) is 3.83. The highest BCUT2D eigenvalue weighted by atomic mass is 16.2. The smallest absolute Gasteiger partial charge is 0.322 e. The van der Waals surface area contributed by atoms with Crippen molar-refractivity contribution in [1.82, 2.24) is 15.5 Å². The molecule has 2 atom stereocenters. The number of hydrogen-bond donors (Lipinski definition) is 2. The van der Waals surface area contributed by atoms with Crippen LogP contribution >= 0.6 is 0 Å². The number of imide groups is 1. The van der Waals surface area contributed by atoms with E-state index in [1.54, 1.807) is 4.90 Å². The van der Waals surface area contributed by atoms with Crippen LogP contribution < -0.4 is 10.6 Å². The first kappa shape index (κ1) is 15.5. The highest BCUT2D eigenvalue weighted by Gasteiger charge is 2.52. The molecule has 23 heavy (non-hydrogen) atoms. The van der Waals surface area contributed by atoms with E-state index in [0.29, 0.717) is 13.0 Å². The van der Waals surface area contributed by atoms with E-state index in [-0.39, 0.29) is 30.2 Å². The number of urea groups is 1. The number of benzene rings is 1. The molecule has 0 radical (unpaired) electrons. The summed E-state index contributed by atoms with van der Waals surface area (Å²) in [6.07, 6.45) is 0.454. The van der Waals surface area contributed by atoms with Crippen LogP contribution in [0, 0.1) is 5.92 Å². The van der Waals surface area contributed by atoms with Crippen LogP contribution in [0.2, 0.25) is 0 Å². The van der Waals surface area contributed by atoms with Gasteiger partial charge in [0.2, 0.25) is 5.91 Å². The molecule has 1 aromatic carbocycles. The van der Waals surface area contributed by atoms with Gasteiger partial charge >= 0.3 is 6.03 Å². The van der Waals surface area contributed by atoms with Crippen LogP contribution in [0.3, 0.4) is 0 Å². The number of carbonyl (C=O) groups excluding carboxylic acids is 3. The number of rotatable bonds is 3. The second-order valence-electron chi connectivity index (χ2n) is 6.63. The maximum absolute atomic E-state index is 13.0. The number of carbonyl (C=O) groups is 3. The van der Waals surface area contributed by atoms with E-state index in [1.165, 1.54) is 0 Å². The minimum Gasteiger partial charge on any atom is -0.339 e. The molecule has 2 aliphatic heterocycles. The third kappa shape index (κ3) is 2.69. The Morgan fingerprint density at radius 1 is 1.22 bits per heavy atom. The molecule has 1 aromatic rings. The molecule has 1 spiro atoms. The number of amides is 4. The second-order valence-corrected chi connectivity index (χ2v) is 6.63. The molecule has 6 heteroatoms. The molecule has 2 fully saturated rings. The van der Waals surface area contributed by atoms with Crippen molar-refractivity contribution in [3.8, 4) is 0 Å². The lowest BCUT2D eigenvalue weighted by Crippen LogP contribution is -2.50. The van der Waals surface area contributed by atoms with Crippen molar-refractivity contribution in [2.75, 3.05) is 13.1 Å². The van der Waals surface area contributed by atoms with Crippen molar-refractivity contribution in [3.05, 3.63) is 35.9 Å². The quantitative estimate of drug-likeness (QED) is 0.824. The predicted molar refractivity (Wildman–Crippen MR) is 84.6 cm³/mol. The molecular formula is C17H21N3O3. The molecule has 2 saturated heterocycles. The van der Waals surface area contributed by atoms with Gasteiger partial charge in [0.15, 0.2) is 0 Å². The van der Waals surface area contributed by atoms with Crippen molar-refractivity contribution in [1.29, 1.82) is 0 Å². The molecule has 0 aromatic heterocycles. The summed E-state index contributed by atoms with van der Waals surface area (Å²) in [4.78, 5) is 38.1. The zero-order chi connectivity index (χ0) is 16.6. The fourth-order valence-electron chi connectivity index (χ4n) is 3.48. The van der Waals surface area contributed by atoms with Crippen molar-refractivity contribution in [2.45, 2.75) is 31.7 Å². The second kappa shape index (κ2) is 5.68. The SMILES string of the molecule is CC(C)[C@@H](C(=O)N1CC[C@@]2(C1)NC(=O)NC2=O)c1ccccc1. The summed E-state index contributed by atoms with van der Waals surface area (Å²) in [5.41, 5.74) is 0.0266. The highest BCUT2D eigenvalue weighted by molar-refractivity contribution is 6.07. The van der Waals surface area contributed by atoms with Crippen molar-refractivity contribution in [2.24, 2.45) is 5.92 Å². The lowest BCUT2D eigenvalue weighted by molar-refractivity contribution is -0.133. The Morgan fingerprint density at radius 3 is 2.48 bits per heavy atom. The average Bonchev–Trinajstić information content (AvgIpc) is 3.04. The molecule has 2 aliphatic rings. The molecule has 0 unspecified atom stereocenters. The lowest BCUT2D eigenvalue weighted by atomic mass is 9.87. The van der Waals surface area contributed by atoms with Crippen LogP contribution in [-0.2, 0) is 9.59 Å². The molecule has 4 amide bonds. The van der Waals surface area contributed by atoms with Gasteiger partial charge in [-0.25, -0.2) is 4.79 Å². The van der Waals surface area contributed by atoms with Gasteiger partial charge in [0, 0.05) is 6.54 Å². The molecule has 3 rings (SSSR count). The Balaban J connectivity index is 1.80. The first-order valence-electron chi connectivity index (χ1n) is 7.90. The van der Waals surface area contributed by atoms with Gasteiger partial charge in [0.1, 0.15) is 5.54 Å². The fourth-order valence-corrected chi connectivity index (χ4v) is 3.48. The van der Waals surface area contributed by atoms with Crippen LogP contribution in [-0.4, -0.2) is 41.4 Å². The van der Waals surface area contributed by atoms with Crippen LogP contribution in [0.25, 0.3) is 0 Å². The maximum Gasteiger partial charge on any atom is 0.322 e. The van der Waals surface area contributed by atoms with Gasteiger partial charge in [-0.2, -0.15) is 0 Å². The molecule has 0 saturated carbocycles. The largest absolute Gasteiger partial charge is 0.339 e. The summed E-state index contributed by atoms with van der Waals surface area (Å²) in [5, 5.41) is 4.94. The molecule has 2 heterocycles. The normalized spacial score (nSPS) is 24.9. The lowest BCUT2D eigenvalue weighted by Gasteiger charge is -2.27. The summed E-state index contributed by atoms with van der Waals surface area (Å²) < 4.78 is 0. The van der Waals surface area contributed by atoms with E-state index >= 15 is 0 Å². The van der Waals surface area contributed by atoms with Crippen molar-refractivity contribution >= 4 is 17.8 Å². The predicted octanol–water partition coefficient (Wildman–Crippen LogP) is 1.24. The van der Waals surface area contributed by atoms with E-state index < -0.39 is 11.6 Å². The van der Waals surface area contributed by atoms with Gasteiger partial charge in [0.05, 0.1) is 12.5 Å². The fraction of sp³-hybridized carbons (Fsp3) is 0.471. The van der Waals surface area contributed by atoms with Crippen LogP contribution in [0.4, 0.5) is 4.79 Å². The Bertz CT molecular complexity index is 644. The monoisotopic (exact) mass is 315 g/mol. The molecule has 6 nitrogen and oxygen atoms in total. The van der Waals surface area contributed by atoms with Crippen molar-refractivity contribution in [3.63, 3.8) is 0 Å². The third-order valence-electron chi connectivity index (χ3n) is 4.69. The standard InChI is InChI=1S/C17H21N3O3/c1-11(2)13(12-6-4-3-5-7-12)14(21)20-9-8-17(10-20)15(22)18-16(23)19-17/h3-7,11,13H,8-10H2,1-2H3,(H2,18,19,22,23)/t13-,17+/m1/s1. The minimum atomic E-state index is -0.953. The van der Waals surface area contributed by atoms with Crippen LogP contribution in [0.5, 0.6) is 0 Å². The molecule has 0 bridgehead atoms. The maximum atomic E-state index is 13.0. The number of likely N-dealkylation sites (tertiary alicyclic amines) is 1. The van der Waals surface area contributed by atoms with E-state index in [4.69, 9.17) is 0 Å². The summed E-state index contributed by atoms with van der Waals surface area (Å²) in [6, 6.07) is 9.21. The van der Waals surface area contributed by atoms with E-state index in [2.05, 4.69) is 10.6 Å². The summed E-state index contributed by atoms with van der Waals surface area (Å²) >= 11 is 0.